The zero-order valence-corrected chi connectivity index (χ0v) is 17.9. The lowest BCUT2D eigenvalue weighted by atomic mass is 10.2. The molecule has 162 valence electrons. The molecule has 1 aromatic heterocycles. The summed E-state index contributed by atoms with van der Waals surface area (Å²) in [6.07, 6.45) is 0.835. The number of benzene rings is 2. The lowest BCUT2D eigenvalue weighted by Crippen LogP contribution is -2.14. The number of ether oxygens (including phenoxy) is 3. The quantitative estimate of drug-likeness (QED) is 0.557. The third-order valence-electron chi connectivity index (χ3n) is 4.39. The number of fused-ring (bicyclic) bond motifs is 1. The van der Waals surface area contributed by atoms with Crippen molar-refractivity contribution in [3.63, 3.8) is 0 Å². The molecule has 0 fully saturated rings. The highest BCUT2D eigenvalue weighted by atomic mass is 32.2. The van der Waals surface area contributed by atoms with Gasteiger partial charge in [0.05, 0.1) is 36.9 Å². The number of rotatable bonds is 8. The summed E-state index contributed by atoms with van der Waals surface area (Å²) >= 11 is 1.39. The monoisotopic (exact) mass is 441 g/mol. The number of anilines is 1. The van der Waals surface area contributed by atoms with Crippen molar-refractivity contribution >= 4 is 23.4 Å². The number of carbonyl (C=O) groups excluding carboxylic acids is 1. The molecule has 4 rings (SSSR count). The second kappa shape index (κ2) is 10.2. The van der Waals surface area contributed by atoms with Crippen molar-refractivity contribution in [3.05, 3.63) is 48.4 Å². The van der Waals surface area contributed by atoms with E-state index in [4.69, 9.17) is 18.7 Å². The van der Waals surface area contributed by atoms with Crippen molar-refractivity contribution in [1.29, 1.82) is 0 Å². The van der Waals surface area contributed by atoms with Crippen molar-refractivity contribution in [2.45, 2.75) is 19.1 Å². The van der Waals surface area contributed by atoms with E-state index in [1.165, 1.54) is 11.8 Å². The average molecular weight is 442 g/mol. The van der Waals surface area contributed by atoms with Gasteiger partial charge in [0.25, 0.3) is 0 Å². The molecule has 0 atom stereocenters. The van der Waals surface area contributed by atoms with Crippen LogP contribution in [0.3, 0.4) is 0 Å². The van der Waals surface area contributed by atoms with Crippen molar-refractivity contribution < 1.29 is 23.5 Å². The summed E-state index contributed by atoms with van der Waals surface area (Å²) in [7, 11) is 0. The van der Waals surface area contributed by atoms with Crippen LogP contribution in [0.5, 0.6) is 17.2 Å². The van der Waals surface area contributed by atoms with E-state index in [0.717, 1.165) is 12.0 Å². The van der Waals surface area contributed by atoms with E-state index in [-0.39, 0.29) is 11.7 Å². The molecule has 0 radical (unpaired) electrons. The molecule has 0 saturated heterocycles. The molecule has 2 aromatic carbocycles. The van der Waals surface area contributed by atoms with Gasteiger partial charge in [-0.25, -0.2) is 0 Å². The Balaban J connectivity index is 1.29. The summed E-state index contributed by atoms with van der Waals surface area (Å²) in [5.41, 5.74) is 1.44. The Kier molecular flexibility index (Phi) is 6.93. The van der Waals surface area contributed by atoms with Gasteiger partial charge in [-0.2, -0.15) is 4.98 Å². The molecule has 3 aromatic rings. The fourth-order valence-electron chi connectivity index (χ4n) is 3.02. The number of hydrogen-bond donors (Lipinski definition) is 1. The number of carbonyl (C=O) groups is 1. The molecule has 0 saturated carbocycles. The molecule has 0 unspecified atom stereocenters. The molecular weight excluding hydrogens is 418 g/mol. The third-order valence-corrected chi connectivity index (χ3v) is 5.30. The van der Waals surface area contributed by atoms with Crippen molar-refractivity contribution in [1.82, 2.24) is 10.1 Å². The Hall–Kier alpha value is -3.20. The Morgan fingerprint density at radius 2 is 2.00 bits per heavy atom. The van der Waals surface area contributed by atoms with Crippen LogP contribution in [0, 0.1) is 0 Å². The minimum atomic E-state index is -0.124. The van der Waals surface area contributed by atoms with Crippen LogP contribution in [0.4, 0.5) is 5.69 Å². The molecule has 0 aliphatic carbocycles. The van der Waals surface area contributed by atoms with Gasteiger partial charge in [-0.3, -0.25) is 4.79 Å². The normalized spacial score (nSPS) is 12.8. The van der Waals surface area contributed by atoms with E-state index in [9.17, 15) is 4.79 Å². The van der Waals surface area contributed by atoms with E-state index >= 15 is 0 Å². The smallest absolute Gasteiger partial charge is 0.236 e. The maximum atomic E-state index is 12.3. The molecule has 0 bridgehead atoms. The maximum absolute atomic E-state index is 12.3. The van der Waals surface area contributed by atoms with E-state index in [1.807, 2.05) is 37.3 Å². The summed E-state index contributed by atoms with van der Waals surface area (Å²) in [5, 5.41) is 6.91. The second-order valence-corrected chi connectivity index (χ2v) is 7.68. The number of aromatic nitrogens is 2. The summed E-state index contributed by atoms with van der Waals surface area (Å²) in [6, 6.07) is 12.9. The van der Waals surface area contributed by atoms with Crippen LogP contribution in [0.1, 0.15) is 19.2 Å². The van der Waals surface area contributed by atoms with Gasteiger partial charge in [0, 0.05) is 18.2 Å². The van der Waals surface area contributed by atoms with E-state index in [0.29, 0.717) is 60.2 Å². The molecule has 8 nitrogen and oxygen atoms in total. The van der Waals surface area contributed by atoms with Gasteiger partial charge in [-0.1, -0.05) is 17.3 Å². The highest BCUT2D eigenvalue weighted by molar-refractivity contribution is 7.99. The largest absolute Gasteiger partial charge is 0.493 e. The van der Waals surface area contributed by atoms with Gasteiger partial charge in [-0.05, 0) is 31.2 Å². The van der Waals surface area contributed by atoms with Crippen LogP contribution in [0.25, 0.3) is 11.4 Å². The number of thioether (sulfide) groups is 1. The van der Waals surface area contributed by atoms with Crippen LogP contribution in [0.2, 0.25) is 0 Å². The molecule has 1 aliphatic heterocycles. The molecule has 0 spiro atoms. The van der Waals surface area contributed by atoms with Crippen LogP contribution in [0.15, 0.2) is 47.0 Å². The SMILES string of the molecule is CCOc1ccccc1-c1noc(CSCC(=O)Nc2ccc3c(c2)OCCCO3)n1. The maximum Gasteiger partial charge on any atom is 0.236 e. The van der Waals surface area contributed by atoms with Gasteiger partial charge in [0.2, 0.25) is 17.6 Å². The standard InChI is InChI=1S/C22H23N3O5S/c1-2-27-17-7-4-3-6-16(17)22-24-21(30-25-22)14-31-13-20(26)23-15-8-9-18-19(12-15)29-11-5-10-28-18/h3-4,6-9,12H,2,5,10-11,13-14H2,1H3,(H,23,26). The highest BCUT2D eigenvalue weighted by Crippen LogP contribution is 2.32. The molecule has 31 heavy (non-hydrogen) atoms. The zero-order valence-electron chi connectivity index (χ0n) is 17.1. The number of nitrogens with zero attached hydrogens (tertiary/aromatic N) is 2. The summed E-state index contributed by atoms with van der Waals surface area (Å²) in [5.74, 6) is 3.53. The first kappa shape index (κ1) is 21.0. The summed E-state index contributed by atoms with van der Waals surface area (Å²) < 4.78 is 22.2. The van der Waals surface area contributed by atoms with Crippen LogP contribution < -0.4 is 19.5 Å². The Bertz CT molecular complexity index is 1040. The lowest BCUT2D eigenvalue weighted by Gasteiger charge is -2.10. The highest BCUT2D eigenvalue weighted by Gasteiger charge is 2.15. The second-order valence-electron chi connectivity index (χ2n) is 6.69. The van der Waals surface area contributed by atoms with Gasteiger partial charge in [-0.15, -0.1) is 11.8 Å². The van der Waals surface area contributed by atoms with Crippen LogP contribution >= 0.6 is 11.8 Å². The van der Waals surface area contributed by atoms with Gasteiger partial charge in [0.1, 0.15) is 5.75 Å². The van der Waals surface area contributed by atoms with Crippen LogP contribution in [-0.2, 0) is 10.5 Å². The average Bonchev–Trinajstić information content (AvgIpc) is 3.11. The number of para-hydroxylation sites is 1. The number of nitrogens with one attached hydrogen (secondary N) is 1. The minimum absolute atomic E-state index is 0.124. The van der Waals surface area contributed by atoms with E-state index < -0.39 is 0 Å². The first-order chi connectivity index (χ1) is 15.2. The minimum Gasteiger partial charge on any atom is -0.493 e. The topological polar surface area (TPSA) is 95.7 Å². The molecular formula is C22H23N3O5S. The van der Waals surface area contributed by atoms with Gasteiger partial charge < -0.3 is 24.1 Å². The van der Waals surface area contributed by atoms with Gasteiger partial charge >= 0.3 is 0 Å². The molecule has 1 amide bonds. The fraction of sp³-hybridized carbons (Fsp3) is 0.318. The molecule has 2 heterocycles. The van der Waals surface area contributed by atoms with Crippen LogP contribution in [-0.4, -0.2) is 41.6 Å². The van der Waals surface area contributed by atoms with E-state index in [1.54, 1.807) is 12.1 Å². The molecule has 1 aliphatic rings. The third kappa shape index (κ3) is 5.49. The first-order valence-corrected chi connectivity index (χ1v) is 11.2. The zero-order chi connectivity index (χ0) is 21.5. The molecule has 1 N–H and O–H groups in total. The van der Waals surface area contributed by atoms with Crippen molar-refractivity contribution in [2.24, 2.45) is 0 Å². The Labute approximate surface area is 184 Å². The Morgan fingerprint density at radius 1 is 1.16 bits per heavy atom. The number of amides is 1. The van der Waals surface area contributed by atoms with Gasteiger partial charge in [0.15, 0.2) is 11.5 Å². The predicted octanol–water partition coefficient (Wildman–Crippen LogP) is 4.17. The summed E-state index contributed by atoms with van der Waals surface area (Å²) in [4.78, 5) is 16.7. The summed E-state index contributed by atoms with van der Waals surface area (Å²) in [6.45, 7) is 3.70. The number of hydrogen-bond acceptors (Lipinski definition) is 8. The first-order valence-electron chi connectivity index (χ1n) is 10.0. The van der Waals surface area contributed by atoms with E-state index in [2.05, 4.69) is 15.5 Å². The predicted molar refractivity (Wildman–Crippen MR) is 118 cm³/mol. The molecule has 9 heteroatoms. The van der Waals surface area contributed by atoms with Crippen molar-refractivity contribution in [2.75, 3.05) is 30.9 Å². The Morgan fingerprint density at radius 3 is 2.87 bits per heavy atom. The van der Waals surface area contributed by atoms with Crippen molar-refractivity contribution in [3.8, 4) is 28.6 Å². The lowest BCUT2D eigenvalue weighted by molar-refractivity contribution is -0.113. The fourth-order valence-corrected chi connectivity index (χ4v) is 3.68.